The van der Waals surface area contributed by atoms with E-state index in [9.17, 15) is 9.59 Å². The van der Waals surface area contributed by atoms with Crippen LogP contribution >= 0.6 is 0 Å². The highest BCUT2D eigenvalue weighted by Crippen LogP contribution is 2.36. The summed E-state index contributed by atoms with van der Waals surface area (Å²) in [6.07, 6.45) is 3.42. The molecule has 3 rings (SSSR count). The fourth-order valence-corrected chi connectivity index (χ4v) is 4.02. The first kappa shape index (κ1) is 17.0. The number of benzene rings is 1. The summed E-state index contributed by atoms with van der Waals surface area (Å²) >= 11 is 0. The van der Waals surface area contributed by atoms with Crippen LogP contribution in [0.25, 0.3) is 0 Å². The van der Waals surface area contributed by atoms with E-state index in [0.717, 1.165) is 25.2 Å². The number of carbonyl (C=O) groups excluding carboxylic acids is 2. The van der Waals surface area contributed by atoms with Crippen molar-refractivity contribution in [1.82, 2.24) is 10.6 Å². The van der Waals surface area contributed by atoms with Gasteiger partial charge in [-0.1, -0.05) is 19.1 Å². The third-order valence-corrected chi connectivity index (χ3v) is 5.64. The molecule has 5 heteroatoms. The SMILES string of the molecule is CCC1(CNC)CCN(c2ccc(C3CCC(=O)NC3=O)cc2)C1. The molecule has 2 saturated heterocycles. The minimum atomic E-state index is -0.200. The van der Waals surface area contributed by atoms with Gasteiger partial charge in [0.1, 0.15) is 0 Å². The Morgan fingerprint density at radius 3 is 2.67 bits per heavy atom. The number of hydrogen-bond acceptors (Lipinski definition) is 4. The van der Waals surface area contributed by atoms with Crippen LogP contribution in [0.4, 0.5) is 5.69 Å². The van der Waals surface area contributed by atoms with Crippen molar-refractivity contribution in [2.24, 2.45) is 5.41 Å². The van der Waals surface area contributed by atoms with E-state index in [1.165, 1.54) is 18.5 Å². The second kappa shape index (κ2) is 6.93. The fourth-order valence-electron chi connectivity index (χ4n) is 4.02. The molecular weight excluding hydrogens is 302 g/mol. The zero-order valence-electron chi connectivity index (χ0n) is 14.6. The molecule has 0 aromatic heterocycles. The Balaban J connectivity index is 1.69. The first-order chi connectivity index (χ1) is 11.6. The topological polar surface area (TPSA) is 61.4 Å². The third kappa shape index (κ3) is 3.31. The van der Waals surface area contributed by atoms with E-state index in [2.05, 4.69) is 34.6 Å². The number of rotatable bonds is 5. The average Bonchev–Trinajstić information content (AvgIpc) is 3.00. The summed E-state index contributed by atoms with van der Waals surface area (Å²) in [5.74, 6) is -0.529. The Hall–Kier alpha value is -1.88. The van der Waals surface area contributed by atoms with Gasteiger partial charge in [0, 0.05) is 37.2 Å². The third-order valence-electron chi connectivity index (χ3n) is 5.64. The van der Waals surface area contributed by atoms with E-state index >= 15 is 0 Å². The second-order valence-corrected chi connectivity index (χ2v) is 7.15. The zero-order chi connectivity index (χ0) is 17.2. The van der Waals surface area contributed by atoms with Gasteiger partial charge in [0.2, 0.25) is 11.8 Å². The molecule has 0 aliphatic carbocycles. The lowest BCUT2D eigenvalue weighted by Gasteiger charge is -2.28. The molecule has 1 aromatic rings. The Morgan fingerprint density at radius 2 is 2.04 bits per heavy atom. The first-order valence-electron chi connectivity index (χ1n) is 8.90. The van der Waals surface area contributed by atoms with Gasteiger partial charge in [-0.05, 0) is 44.0 Å². The Bertz CT molecular complexity index is 614. The predicted molar refractivity (Wildman–Crippen MR) is 95.0 cm³/mol. The maximum absolute atomic E-state index is 12.0. The van der Waals surface area contributed by atoms with Gasteiger partial charge >= 0.3 is 0 Å². The van der Waals surface area contributed by atoms with Gasteiger partial charge in [0.05, 0.1) is 5.92 Å². The first-order valence-corrected chi connectivity index (χ1v) is 8.90. The van der Waals surface area contributed by atoms with Crippen molar-refractivity contribution >= 4 is 17.5 Å². The number of nitrogens with zero attached hydrogens (tertiary/aromatic N) is 1. The maximum atomic E-state index is 12.0. The monoisotopic (exact) mass is 329 g/mol. The van der Waals surface area contributed by atoms with Crippen molar-refractivity contribution in [3.05, 3.63) is 29.8 Å². The van der Waals surface area contributed by atoms with Gasteiger partial charge in [-0.2, -0.15) is 0 Å². The summed E-state index contributed by atoms with van der Waals surface area (Å²) < 4.78 is 0. The van der Waals surface area contributed by atoms with E-state index in [-0.39, 0.29) is 17.7 Å². The number of hydrogen-bond donors (Lipinski definition) is 2. The van der Waals surface area contributed by atoms with Crippen LogP contribution in [0.5, 0.6) is 0 Å². The van der Waals surface area contributed by atoms with Crippen molar-refractivity contribution < 1.29 is 9.59 Å². The molecule has 2 unspecified atom stereocenters. The van der Waals surface area contributed by atoms with Crippen molar-refractivity contribution in [2.45, 2.75) is 38.5 Å². The lowest BCUT2D eigenvalue weighted by atomic mass is 9.84. The van der Waals surface area contributed by atoms with E-state index in [1.807, 2.05) is 19.2 Å². The highest BCUT2D eigenvalue weighted by Gasteiger charge is 2.36. The molecule has 5 nitrogen and oxygen atoms in total. The lowest BCUT2D eigenvalue weighted by molar-refractivity contribution is -0.134. The van der Waals surface area contributed by atoms with Crippen molar-refractivity contribution in [3.8, 4) is 0 Å². The lowest BCUT2D eigenvalue weighted by Crippen LogP contribution is -2.39. The van der Waals surface area contributed by atoms with Crippen LogP contribution < -0.4 is 15.5 Å². The second-order valence-electron chi connectivity index (χ2n) is 7.15. The van der Waals surface area contributed by atoms with Crippen molar-refractivity contribution in [1.29, 1.82) is 0 Å². The van der Waals surface area contributed by atoms with Gasteiger partial charge in [0.25, 0.3) is 0 Å². The predicted octanol–water partition coefficient (Wildman–Crippen LogP) is 2.03. The van der Waals surface area contributed by atoms with Crippen LogP contribution in [0.2, 0.25) is 0 Å². The molecule has 2 amide bonds. The summed E-state index contributed by atoms with van der Waals surface area (Å²) in [4.78, 5) is 25.7. The summed E-state index contributed by atoms with van der Waals surface area (Å²) in [6.45, 7) is 5.47. The summed E-state index contributed by atoms with van der Waals surface area (Å²) in [5, 5.41) is 5.77. The molecule has 2 N–H and O–H groups in total. The Kier molecular flexibility index (Phi) is 4.90. The van der Waals surface area contributed by atoms with E-state index < -0.39 is 0 Å². The number of imide groups is 1. The minimum absolute atomic E-state index is 0.162. The van der Waals surface area contributed by atoms with Crippen LogP contribution in [0, 0.1) is 5.41 Å². The normalized spacial score (nSPS) is 27.4. The summed E-state index contributed by atoms with van der Waals surface area (Å²) in [7, 11) is 2.02. The van der Waals surface area contributed by atoms with Crippen LogP contribution in [0.15, 0.2) is 24.3 Å². The van der Waals surface area contributed by atoms with Gasteiger partial charge < -0.3 is 10.2 Å². The highest BCUT2D eigenvalue weighted by atomic mass is 16.2. The maximum Gasteiger partial charge on any atom is 0.234 e. The molecular formula is C19H27N3O2. The molecule has 2 heterocycles. The fraction of sp³-hybridized carbons (Fsp3) is 0.579. The van der Waals surface area contributed by atoms with Gasteiger partial charge in [0.15, 0.2) is 0 Å². The van der Waals surface area contributed by atoms with Crippen molar-refractivity contribution in [2.75, 3.05) is 31.6 Å². The molecule has 2 aliphatic rings. The largest absolute Gasteiger partial charge is 0.371 e. The number of piperidine rings is 1. The number of carbonyl (C=O) groups is 2. The minimum Gasteiger partial charge on any atom is -0.371 e. The number of anilines is 1. The molecule has 1 aromatic carbocycles. The number of amides is 2. The van der Waals surface area contributed by atoms with E-state index in [4.69, 9.17) is 0 Å². The van der Waals surface area contributed by atoms with Gasteiger partial charge in [-0.25, -0.2) is 0 Å². The molecule has 2 fully saturated rings. The summed E-state index contributed by atoms with van der Waals surface area (Å²) in [5.41, 5.74) is 2.58. The molecule has 130 valence electrons. The van der Waals surface area contributed by atoms with Gasteiger partial charge in [-0.15, -0.1) is 0 Å². The van der Waals surface area contributed by atoms with Crippen LogP contribution in [0.1, 0.15) is 44.1 Å². The van der Waals surface area contributed by atoms with E-state index in [1.54, 1.807) is 0 Å². The van der Waals surface area contributed by atoms with E-state index in [0.29, 0.717) is 18.3 Å². The molecule has 24 heavy (non-hydrogen) atoms. The van der Waals surface area contributed by atoms with Crippen LogP contribution in [0.3, 0.4) is 0 Å². The molecule has 2 atom stereocenters. The molecule has 0 radical (unpaired) electrons. The van der Waals surface area contributed by atoms with Gasteiger partial charge in [-0.3, -0.25) is 14.9 Å². The van der Waals surface area contributed by atoms with Crippen LogP contribution in [-0.2, 0) is 9.59 Å². The Labute approximate surface area is 143 Å². The van der Waals surface area contributed by atoms with Crippen LogP contribution in [-0.4, -0.2) is 38.5 Å². The molecule has 0 spiro atoms. The number of nitrogens with one attached hydrogen (secondary N) is 2. The smallest absolute Gasteiger partial charge is 0.234 e. The standard InChI is InChI=1S/C19H27N3O2/c1-3-19(12-20-2)10-11-22(13-19)15-6-4-14(5-7-15)16-8-9-17(23)21-18(16)24/h4-7,16,20H,3,8-13H2,1-2H3,(H,21,23,24). The molecule has 2 aliphatic heterocycles. The zero-order valence-corrected chi connectivity index (χ0v) is 14.6. The Morgan fingerprint density at radius 1 is 1.29 bits per heavy atom. The molecule has 0 saturated carbocycles. The molecule has 0 bridgehead atoms. The highest BCUT2D eigenvalue weighted by molar-refractivity contribution is 6.00. The van der Waals surface area contributed by atoms with Crippen molar-refractivity contribution in [3.63, 3.8) is 0 Å². The quantitative estimate of drug-likeness (QED) is 0.812. The summed E-state index contributed by atoms with van der Waals surface area (Å²) in [6, 6.07) is 8.31. The average molecular weight is 329 g/mol.